The first kappa shape index (κ1) is 22.9. The topological polar surface area (TPSA) is 119 Å². The molecule has 2 saturated heterocycles. The van der Waals surface area contributed by atoms with Crippen LogP contribution in [0.25, 0.3) is 0 Å². The molecule has 10 nitrogen and oxygen atoms in total. The number of amidine groups is 1. The Morgan fingerprint density at radius 1 is 1.33 bits per heavy atom. The van der Waals surface area contributed by atoms with Gasteiger partial charge in [-0.1, -0.05) is 30.3 Å². The van der Waals surface area contributed by atoms with Crippen LogP contribution in [0.2, 0.25) is 0 Å². The maximum absolute atomic E-state index is 13.1. The van der Waals surface area contributed by atoms with Gasteiger partial charge in [0.05, 0.1) is 12.6 Å². The van der Waals surface area contributed by atoms with E-state index < -0.39 is 18.1 Å². The number of aliphatic imine (C=N–C) groups is 2. The molecule has 0 aromatic heterocycles. The number of nitrogens with zero attached hydrogens (tertiary/aromatic N) is 5. The molecule has 2 unspecified atom stereocenters. The number of carbonyl (C=O) groups is 2. The van der Waals surface area contributed by atoms with Gasteiger partial charge in [0, 0.05) is 33.2 Å². The highest BCUT2D eigenvalue weighted by molar-refractivity contribution is 6.38. The first-order valence-corrected chi connectivity index (χ1v) is 11.0. The quantitative estimate of drug-likeness (QED) is 0.396. The van der Waals surface area contributed by atoms with Crippen LogP contribution in [0.4, 0.5) is 4.39 Å². The molecule has 0 radical (unpaired) electrons. The summed E-state index contributed by atoms with van der Waals surface area (Å²) in [7, 11) is 1.67. The molecule has 3 heterocycles. The molecule has 0 saturated carbocycles. The summed E-state index contributed by atoms with van der Waals surface area (Å²) >= 11 is 0. The van der Waals surface area contributed by atoms with Crippen LogP contribution in [0.5, 0.6) is 0 Å². The molecule has 1 aromatic rings. The Morgan fingerprint density at radius 3 is 2.82 bits per heavy atom. The molecule has 11 heteroatoms. The van der Waals surface area contributed by atoms with Crippen molar-refractivity contribution in [3.63, 3.8) is 0 Å². The lowest BCUT2D eigenvalue weighted by Gasteiger charge is -2.36. The standard InChI is InChI=1S/C22H29FN8O2/c1-29-19-9-17(13-30-11-16(23)12-30)28-31(19)8-7-18(22(29)33)27-21(32)20(24)26-14-25-10-15-5-3-2-4-6-15/h2-6,9,14,16-18,28H,7-8,10-13H2,1H3,(H,27,32)(H2,24,25,26). The van der Waals surface area contributed by atoms with Crippen molar-refractivity contribution in [3.8, 4) is 0 Å². The van der Waals surface area contributed by atoms with Crippen molar-refractivity contribution in [3.05, 3.63) is 47.8 Å². The predicted molar refractivity (Wildman–Crippen MR) is 123 cm³/mol. The van der Waals surface area contributed by atoms with Crippen LogP contribution in [0.1, 0.15) is 12.0 Å². The molecule has 4 N–H and O–H groups in total. The fourth-order valence-corrected chi connectivity index (χ4v) is 4.06. The van der Waals surface area contributed by atoms with E-state index in [1.807, 2.05) is 46.3 Å². The number of fused-ring (bicyclic) bond motifs is 1. The summed E-state index contributed by atoms with van der Waals surface area (Å²) in [5.41, 5.74) is 10.1. The number of hydrogen-bond donors (Lipinski definition) is 3. The van der Waals surface area contributed by atoms with Crippen molar-refractivity contribution in [1.29, 1.82) is 0 Å². The van der Waals surface area contributed by atoms with Crippen LogP contribution in [-0.2, 0) is 16.1 Å². The summed E-state index contributed by atoms with van der Waals surface area (Å²) in [5.74, 6) is -0.384. The SMILES string of the molecule is CN1C(=O)C(NC(=O)C(N)=NC=NCc2ccccc2)CCN2NC(CN3CC(F)C3)C=C21. The average molecular weight is 457 g/mol. The van der Waals surface area contributed by atoms with Gasteiger partial charge < -0.3 is 11.1 Å². The Kier molecular flexibility index (Phi) is 6.99. The van der Waals surface area contributed by atoms with Crippen LogP contribution < -0.4 is 16.5 Å². The lowest BCUT2D eigenvalue weighted by molar-refractivity contribution is -0.132. The minimum atomic E-state index is -0.746. The first-order valence-electron chi connectivity index (χ1n) is 11.0. The highest BCUT2D eigenvalue weighted by atomic mass is 19.1. The van der Waals surface area contributed by atoms with Crippen molar-refractivity contribution >= 4 is 24.0 Å². The summed E-state index contributed by atoms with van der Waals surface area (Å²) in [6.07, 6.45) is 2.87. The van der Waals surface area contributed by atoms with E-state index >= 15 is 0 Å². The van der Waals surface area contributed by atoms with Gasteiger partial charge >= 0.3 is 0 Å². The zero-order chi connectivity index (χ0) is 23.4. The molecule has 33 heavy (non-hydrogen) atoms. The van der Waals surface area contributed by atoms with Gasteiger partial charge in [0.25, 0.3) is 11.8 Å². The molecule has 2 amide bonds. The smallest absolute Gasteiger partial charge is 0.287 e. The molecule has 1 aromatic carbocycles. The summed E-state index contributed by atoms with van der Waals surface area (Å²) in [6.45, 7) is 2.52. The highest BCUT2D eigenvalue weighted by Gasteiger charge is 2.37. The molecule has 0 aliphatic carbocycles. The lowest BCUT2D eigenvalue weighted by atomic mass is 10.1. The third-order valence-electron chi connectivity index (χ3n) is 5.86. The van der Waals surface area contributed by atoms with Gasteiger partial charge in [0.2, 0.25) is 0 Å². The second-order valence-corrected chi connectivity index (χ2v) is 8.40. The second-order valence-electron chi connectivity index (χ2n) is 8.40. The normalized spacial score (nSPS) is 24.5. The molecule has 4 rings (SSSR count). The molecule has 176 valence electrons. The van der Waals surface area contributed by atoms with Gasteiger partial charge in [-0.3, -0.25) is 29.4 Å². The van der Waals surface area contributed by atoms with E-state index in [1.54, 1.807) is 7.05 Å². The number of nitrogens with two attached hydrogens (primary N) is 1. The first-order chi connectivity index (χ1) is 15.9. The van der Waals surface area contributed by atoms with Crippen molar-refractivity contribution in [1.82, 2.24) is 25.6 Å². The Morgan fingerprint density at radius 2 is 2.09 bits per heavy atom. The zero-order valence-electron chi connectivity index (χ0n) is 18.5. The van der Waals surface area contributed by atoms with Crippen molar-refractivity contribution in [2.24, 2.45) is 15.7 Å². The van der Waals surface area contributed by atoms with Crippen molar-refractivity contribution < 1.29 is 14.0 Å². The second kappa shape index (κ2) is 10.1. The van der Waals surface area contributed by atoms with Crippen molar-refractivity contribution in [2.75, 3.05) is 33.2 Å². The van der Waals surface area contributed by atoms with Gasteiger partial charge in [0.1, 0.15) is 24.4 Å². The number of rotatable bonds is 6. The number of likely N-dealkylation sites (tertiary alicyclic amines) is 1. The molecular formula is C22H29FN8O2. The zero-order valence-corrected chi connectivity index (χ0v) is 18.5. The number of nitrogens with one attached hydrogen (secondary N) is 2. The largest absolute Gasteiger partial charge is 0.379 e. The van der Waals surface area contributed by atoms with E-state index in [0.717, 1.165) is 11.4 Å². The van der Waals surface area contributed by atoms with E-state index in [9.17, 15) is 14.0 Å². The number of alkyl halides is 1. The number of benzene rings is 1. The van der Waals surface area contributed by atoms with Crippen LogP contribution in [0.15, 0.2) is 52.2 Å². The molecule has 3 aliphatic rings. The van der Waals surface area contributed by atoms with Gasteiger partial charge in [-0.25, -0.2) is 14.8 Å². The van der Waals surface area contributed by atoms with Crippen LogP contribution in [-0.4, -0.2) is 90.3 Å². The predicted octanol–water partition coefficient (Wildman–Crippen LogP) is -0.397. The Bertz CT molecular complexity index is 960. The van der Waals surface area contributed by atoms with Gasteiger partial charge in [-0.2, -0.15) is 0 Å². The third-order valence-corrected chi connectivity index (χ3v) is 5.86. The molecule has 0 spiro atoms. The molecule has 0 bridgehead atoms. The summed E-state index contributed by atoms with van der Waals surface area (Å²) in [4.78, 5) is 37.0. The number of hydrogen-bond acceptors (Lipinski definition) is 6. The van der Waals surface area contributed by atoms with Gasteiger partial charge in [-0.05, 0) is 18.1 Å². The summed E-state index contributed by atoms with van der Waals surface area (Å²) < 4.78 is 13.1. The monoisotopic (exact) mass is 456 g/mol. The van der Waals surface area contributed by atoms with E-state index in [4.69, 9.17) is 5.73 Å². The fraction of sp³-hybridized carbons (Fsp3) is 0.455. The minimum absolute atomic E-state index is 0.00634. The average Bonchev–Trinajstić information content (AvgIpc) is 3.16. The summed E-state index contributed by atoms with van der Waals surface area (Å²) in [6, 6.07) is 8.91. The van der Waals surface area contributed by atoms with Crippen LogP contribution in [0, 0.1) is 0 Å². The maximum atomic E-state index is 13.1. The van der Waals surface area contributed by atoms with E-state index in [-0.39, 0.29) is 17.8 Å². The van der Waals surface area contributed by atoms with Crippen molar-refractivity contribution in [2.45, 2.75) is 31.2 Å². The number of likely N-dealkylation sites (N-methyl/N-ethyl adjacent to an activating group) is 1. The van der Waals surface area contributed by atoms with Crippen LogP contribution >= 0.6 is 0 Å². The molecule has 2 fully saturated rings. The van der Waals surface area contributed by atoms with E-state index in [1.165, 1.54) is 11.2 Å². The maximum Gasteiger partial charge on any atom is 0.287 e. The van der Waals surface area contributed by atoms with Gasteiger partial charge in [-0.15, -0.1) is 0 Å². The minimum Gasteiger partial charge on any atom is -0.379 e. The third kappa shape index (κ3) is 5.55. The molecule has 3 aliphatic heterocycles. The highest BCUT2D eigenvalue weighted by Crippen LogP contribution is 2.23. The fourth-order valence-electron chi connectivity index (χ4n) is 4.06. The van der Waals surface area contributed by atoms with Crippen LogP contribution in [0.3, 0.4) is 0 Å². The Hall–Kier alpha value is -3.31. The number of halogens is 1. The van der Waals surface area contributed by atoms with E-state index in [2.05, 4.69) is 20.7 Å². The Labute approximate surface area is 192 Å². The summed E-state index contributed by atoms with van der Waals surface area (Å²) in [5, 5.41) is 4.57. The Balaban J connectivity index is 1.30. The van der Waals surface area contributed by atoms with Gasteiger partial charge in [0.15, 0.2) is 5.84 Å². The molecule has 2 atom stereocenters. The number of hydrazine groups is 1. The number of amides is 2. The lowest BCUT2D eigenvalue weighted by Crippen LogP contribution is -2.53. The number of carbonyl (C=O) groups excluding carboxylic acids is 2. The van der Waals surface area contributed by atoms with E-state index in [0.29, 0.717) is 39.1 Å². The molecular weight excluding hydrogens is 427 g/mol.